The molecule has 0 radical (unpaired) electrons. The van der Waals surface area contributed by atoms with E-state index in [-0.39, 0.29) is 17.7 Å². The molecule has 0 fully saturated rings. The molecule has 0 spiro atoms. The number of methoxy groups -OCH3 is 1. The molecule has 4 heteroatoms. The minimum atomic E-state index is -0.504. The van der Waals surface area contributed by atoms with Gasteiger partial charge in [-0.15, -0.1) is 0 Å². The average molecular weight is 229 g/mol. The van der Waals surface area contributed by atoms with Crippen LogP contribution < -0.4 is 5.73 Å². The molecule has 0 aromatic heterocycles. The van der Waals surface area contributed by atoms with E-state index in [0.29, 0.717) is 6.42 Å². The van der Waals surface area contributed by atoms with E-state index in [1.807, 2.05) is 6.92 Å². The molecule has 0 aromatic carbocycles. The van der Waals surface area contributed by atoms with Crippen molar-refractivity contribution >= 4 is 11.8 Å². The van der Waals surface area contributed by atoms with Crippen LogP contribution in [0.15, 0.2) is 0 Å². The Bertz CT molecular complexity index is 228. The van der Waals surface area contributed by atoms with Gasteiger partial charge in [0.15, 0.2) is 0 Å². The first kappa shape index (κ1) is 15.1. The summed E-state index contributed by atoms with van der Waals surface area (Å²) >= 11 is 0. The second kappa shape index (κ2) is 8.28. The summed E-state index contributed by atoms with van der Waals surface area (Å²) in [5.41, 5.74) is 5.59. The first-order chi connectivity index (χ1) is 7.49. The summed E-state index contributed by atoms with van der Waals surface area (Å²) in [6.07, 6.45) is 4.49. The van der Waals surface area contributed by atoms with Crippen molar-refractivity contribution in [1.82, 2.24) is 0 Å². The Labute approximate surface area is 97.5 Å². The Morgan fingerprint density at radius 1 is 1.19 bits per heavy atom. The number of ether oxygens (including phenoxy) is 1. The average Bonchev–Trinajstić information content (AvgIpc) is 2.26. The SMILES string of the molecule is COC(=O)C(N)CCCCCC(C)C(C)=O. The van der Waals surface area contributed by atoms with E-state index in [1.165, 1.54) is 7.11 Å². The highest BCUT2D eigenvalue weighted by molar-refractivity contribution is 5.77. The van der Waals surface area contributed by atoms with E-state index in [4.69, 9.17) is 5.73 Å². The van der Waals surface area contributed by atoms with Crippen LogP contribution in [0, 0.1) is 5.92 Å². The van der Waals surface area contributed by atoms with Gasteiger partial charge in [0.25, 0.3) is 0 Å². The summed E-state index contributed by atoms with van der Waals surface area (Å²) in [5.74, 6) is 0.0395. The number of ketones is 1. The number of nitrogens with two attached hydrogens (primary N) is 1. The van der Waals surface area contributed by atoms with Gasteiger partial charge in [-0.05, 0) is 19.8 Å². The highest BCUT2D eigenvalue weighted by Gasteiger charge is 2.12. The number of Topliss-reactive ketones (excluding diaryl/α,β-unsaturated/α-hetero) is 1. The van der Waals surface area contributed by atoms with Crippen LogP contribution in [0.2, 0.25) is 0 Å². The maximum atomic E-state index is 11.0. The summed E-state index contributed by atoms with van der Waals surface area (Å²) in [6.45, 7) is 3.57. The highest BCUT2D eigenvalue weighted by Crippen LogP contribution is 2.11. The predicted octanol–water partition coefficient (Wildman–Crippen LogP) is 1.66. The normalized spacial score (nSPS) is 14.2. The molecule has 2 N–H and O–H groups in total. The van der Waals surface area contributed by atoms with Crippen LogP contribution in [0.1, 0.15) is 46.0 Å². The number of hydrogen-bond acceptors (Lipinski definition) is 4. The lowest BCUT2D eigenvalue weighted by molar-refractivity contribution is -0.142. The van der Waals surface area contributed by atoms with Crippen LogP contribution in [0.25, 0.3) is 0 Å². The summed E-state index contributed by atoms with van der Waals surface area (Å²) in [4.78, 5) is 21.9. The van der Waals surface area contributed by atoms with Gasteiger partial charge in [-0.3, -0.25) is 9.59 Å². The minimum absolute atomic E-state index is 0.147. The van der Waals surface area contributed by atoms with Crippen molar-refractivity contribution < 1.29 is 14.3 Å². The van der Waals surface area contributed by atoms with Crippen molar-refractivity contribution in [3.63, 3.8) is 0 Å². The van der Waals surface area contributed by atoms with Gasteiger partial charge in [0, 0.05) is 5.92 Å². The quantitative estimate of drug-likeness (QED) is 0.507. The van der Waals surface area contributed by atoms with Gasteiger partial charge < -0.3 is 10.5 Å². The van der Waals surface area contributed by atoms with Gasteiger partial charge in [-0.2, -0.15) is 0 Å². The second-order valence-electron chi connectivity index (χ2n) is 4.28. The van der Waals surface area contributed by atoms with E-state index in [9.17, 15) is 9.59 Å². The molecule has 0 aliphatic heterocycles. The summed E-state index contributed by atoms with van der Waals surface area (Å²) in [6, 6.07) is -0.504. The first-order valence-electron chi connectivity index (χ1n) is 5.83. The topological polar surface area (TPSA) is 69.4 Å². The van der Waals surface area contributed by atoms with Crippen molar-refractivity contribution in [2.75, 3.05) is 7.11 Å². The van der Waals surface area contributed by atoms with Crippen LogP contribution in [-0.2, 0) is 14.3 Å². The number of carbonyl (C=O) groups excluding carboxylic acids is 2. The summed E-state index contributed by atoms with van der Waals surface area (Å²) < 4.78 is 4.53. The molecule has 0 saturated carbocycles. The van der Waals surface area contributed by atoms with Crippen LogP contribution >= 0.6 is 0 Å². The molecule has 4 nitrogen and oxygen atoms in total. The molecule has 0 saturated heterocycles. The van der Waals surface area contributed by atoms with Crippen molar-refractivity contribution in [2.24, 2.45) is 11.7 Å². The van der Waals surface area contributed by atoms with Crippen LogP contribution in [0.5, 0.6) is 0 Å². The molecule has 0 aromatic rings. The number of rotatable bonds is 8. The fourth-order valence-electron chi connectivity index (χ4n) is 1.46. The van der Waals surface area contributed by atoms with Crippen LogP contribution in [0.3, 0.4) is 0 Å². The molecule has 16 heavy (non-hydrogen) atoms. The van der Waals surface area contributed by atoms with E-state index < -0.39 is 6.04 Å². The maximum absolute atomic E-state index is 11.0. The molecule has 2 unspecified atom stereocenters. The van der Waals surface area contributed by atoms with Crippen LogP contribution in [0.4, 0.5) is 0 Å². The molecule has 0 heterocycles. The molecule has 0 aliphatic carbocycles. The molecule has 0 rings (SSSR count). The number of esters is 1. The Morgan fingerprint density at radius 3 is 2.25 bits per heavy atom. The van der Waals surface area contributed by atoms with Crippen molar-refractivity contribution in [1.29, 1.82) is 0 Å². The fourth-order valence-corrected chi connectivity index (χ4v) is 1.46. The zero-order valence-corrected chi connectivity index (χ0v) is 10.5. The van der Waals surface area contributed by atoms with E-state index in [1.54, 1.807) is 6.92 Å². The zero-order valence-electron chi connectivity index (χ0n) is 10.5. The standard InChI is InChI=1S/C12H23NO3/c1-9(10(2)14)7-5-4-6-8-11(13)12(15)16-3/h9,11H,4-8,13H2,1-3H3. The molecule has 2 atom stereocenters. The van der Waals surface area contributed by atoms with E-state index in [0.717, 1.165) is 25.7 Å². The van der Waals surface area contributed by atoms with Crippen molar-refractivity contribution in [3.05, 3.63) is 0 Å². The fraction of sp³-hybridized carbons (Fsp3) is 0.833. The third kappa shape index (κ3) is 6.56. The number of carbonyl (C=O) groups is 2. The number of unbranched alkanes of at least 4 members (excludes halogenated alkanes) is 2. The zero-order chi connectivity index (χ0) is 12.6. The molecule has 94 valence electrons. The van der Waals surface area contributed by atoms with Crippen molar-refractivity contribution in [2.45, 2.75) is 52.0 Å². The monoisotopic (exact) mass is 229 g/mol. The van der Waals surface area contributed by atoms with Gasteiger partial charge >= 0.3 is 5.97 Å². The van der Waals surface area contributed by atoms with Crippen molar-refractivity contribution in [3.8, 4) is 0 Å². The molecule has 0 aliphatic rings. The Balaban J connectivity index is 3.47. The Hall–Kier alpha value is -0.900. The van der Waals surface area contributed by atoms with Gasteiger partial charge in [0.2, 0.25) is 0 Å². The summed E-state index contributed by atoms with van der Waals surface area (Å²) in [7, 11) is 1.34. The molecular formula is C12H23NO3. The lowest BCUT2D eigenvalue weighted by Gasteiger charge is -2.09. The van der Waals surface area contributed by atoms with Crippen LogP contribution in [-0.4, -0.2) is 24.9 Å². The lowest BCUT2D eigenvalue weighted by atomic mass is 9.99. The Morgan fingerprint density at radius 2 is 1.75 bits per heavy atom. The lowest BCUT2D eigenvalue weighted by Crippen LogP contribution is -2.31. The third-order valence-electron chi connectivity index (χ3n) is 2.85. The molecule has 0 bridgehead atoms. The number of hydrogen-bond donors (Lipinski definition) is 1. The smallest absolute Gasteiger partial charge is 0.322 e. The first-order valence-corrected chi connectivity index (χ1v) is 5.83. The summed E-state index contributed by atoms with van der Waals surface area (Å²) in [5, 5.41) is 0. The highest BCUT2D eigenvalue weighted by atomic mass is 16.5. The molecular weight excluding hydrogens is 206 g/mol. The van der Waals surface area contributed by atoms with E-state index >= 15 is 0 Å². The minimum Gasteiger partial charge on any atom is -0.468 e. The van der Waals surface area contributed by atoms with Gasteiger partial charge in [0.1, 0.15) is 11.8 Å². The maximum Gasteiger partial charge on any atom is 0.322 e. The Kier molecular flexibility index (Phi) is 7.81. The third-order valence-corrected chi connectivity index (χ3v) is 2.85. The van der Waals surface area contributed by atoms with Gasteiger partial charge in [-0.25, -0.2) is 0 Å². The molecule has 0 amide bonds. The van der Waals surface area contributed by atoms with E-state index in [2.05, 4.69) is 4.74 Å². The van der Waals surface area contributed by atoms with Gasteiger partial charge in [0.05, 0.1) is 7.11 Å². The van der Waals surface area contributed by atoms with Gasteiger partial charge in [-0.1, -0.05) is 26.2 Å². The largest absolute Gasteiger partial charge is 0.468 e. The predicted molar refractivity (Wildman–Crippen MR) is 62.9 cm³/mol. The second-order valence-corrected chi connectivity index (χ2v) is 4.28.